The largest absolute Gasteiger partial charge is 0.466 e. The van der Waals surface area contributed by atoms with Gasteiger partial charge in [0, 0.05) is 18.3 Å². The quantitative estimate of drug-likeness (QED) is 0.625. The molecular weight excluding hydrogens is 162 g/mol. The second-order valence-corrected chi connectivity index (χ2v) is 3.82. The van der Waals surface area contributed by atoms with E-state index in [0.717, 1.165) is 5.76 Å². The van der Waals surface area contributed by atoms with Crippen molar-refractivity contribution in [3.8, 4) is 0 Å². The number of ether oxygens (including phenoxy) is 1. The fourth-order valence-corrected chi connectivity index (χ4v) is 2.09. The molecule has 0 unspecified atom stereocenters. The number of hydrogen-bond acceptors (Lipinski definition) is 2. The van der Waals surface area contributed by atoms with Crippen molar-refractivity contribution in [1.29, 1.82) is 0 Å². The lowest BCUT2D eigenvalue weighted by Gasteiger charge is -2.19. The Morgan fingerprint density at radius 2 is 1.92 bits per heavy atom. The van der Waals surface area contributed by atoms with E-state index in [1.54, 1.807) is 6.26 Å². The Morgan fingerprint density at radius 1 is 1.15 bits per heavy atom. The van der Waals surface area contributed by atoms with Gasteiger partial charge in [-0.05, 0) is 12.8 Å². The topological polar surface area (TPSA) is 21.3 Å². The van der Waals surface area contributed by atoms with Gasteiger partial charge in [-0.15, -0.1) is 0 Å². The van der Waals surface area contributed by atoms with Crippen LogP contribution in [-0.4, -0.2) is 0 Å². The molecule has 0 saturated heterocycles. The maximum Gasteiger partial charge on any atom is 0.122 e. The fraction of sp³-hybridized carbons (Fsp3) is 0.636. The highest BCUT2D eigenvalue weighted by Gasteiger charge is 2.18. The van der Waals surface area contributed by atoms with Crippen LogP contribution in [0.3, 0.4) is 0 Å². The molecule has 1 heterocycles. The molecule has 2 heteroatoms. The first kappa shape index (κ1) is 8.67. The van der Waals surface area contributed by atoms with Gasteiger partial charge in [0.15, 0.2) is 0 Å². The number of allylic oxidation sites excluding steroid dienone is 1. The molecule has 0 bridgehead atoms. The van der Waals surface area contributed by atoms with Crippen molar-refractivity contribution in [3.63, 3.8) is 0 Å². The molecular formula is C11H17NO. The molecule has 1 aliphatic carbocycles. The number of nitrogens with one attached hydrogen (secondary N) is 1. The normalized spacial score (nSPS) is 24.2. The first-order valence-corrected chi connectivity index (χ1v) is 5.24. The highest BCUT2D eigenvalue weighted by atomic mass is 16.5. The minimum atomic E-state index is 0.653. The van der Waals surface area contributed by atoms with E-state index in [1.165, 1.54) is 38.5 Å². The van der Waals surface area contributed by atoms with Crippen molar-refractivity contribution in [2.75, 3.05) is 0 Å². The summed E-state index contributed by atoms with van der Waals surface area (Å²) in [5.74, 6) is 1.78. The standard InChI is InChI=1S/C11H17NO/c1-2-4-6-10(5-3-1)11-9-12-7-8-13-11/h7-10,12H,1-6H2. The van der Waals surface area contributed by atoms with E-state index in [-0.39, 0.29) is 0 Å². The summed E-state index contributed by atoms with van der Waals surface area (Å²) in [5, 5.41) is 3.08. The van der Waals surface area contributed by atoms with E-state index in [0.29, 0.717) is 5.92 Å². The molecule has 1 aliphatic heterocycles. The zero-order valence-electron chi connectivity index (χ0n) is 7.96. The Balaban J connectivity index is 1.93. The van der Waals surface area contributed by atoms with E-state index >= 15 is 0 Å². The molecule has 2 nitrogen and oxygen atoms in total. The predicted octanol–water partition coefficient (Wildman–Crippen LogP) is 2.89. The van der Waals surface area contributed by atoms with Gasteiger partial charge in [0.05, 0.1) is 0 Å². The van der Waals surface area contributed by atoms with Gasteiger partial charge in [0.1, 0.15) is 12.0 Å². The maximum absolute atomic E-state index is 5.49. The van der Waals surface area contributed by atoms with Gasteiger partial charge in [0.25, 0.3) is 0 Å². The minimum Gasteiger partial charge on any atom is -0.466 e. The Labute approximate surface area is 79.7 Å². The summed E-state index contributed by atoms with van der Waals surface area (Å²) >= 11 is 0. The molecule has 0 aromatic carbocycles. The Kier molecular flexibility index (Phi) is 2.90. The first-order valence-electron chi connectivity index (χ1n) is 5.24. The van der Waals surface area contributed by atoms with Crippen LogP contribution in [0, 0.1) is 5.92 Å². The minimum absolute atomic E-state index is 0.653. The second kappa shape index (κ2) is 4.35. The van der Waals surface area contributed by atoms with Crippen molar-refractivity contribution in [2.45, 2.75) is 38.5 Å². The smallest absolute Gasteiger partial charge is 0.122 e. The van der Waals surface area contributed by atoms with Crippen LogP contribution < -0.4 is 5.32 Å². The van der Waals surface area contributed by atoms with Crippen molar-refractivity contribution in [2.24, 2.45) is 5.92 Å². The average molecular weight is 179 g/mol. The van der Waals surface area contributed by atoms with Gasteiger partial charge in [-0.1, -0.05) is 25.7 Å². The lowest BCUT2D eigenvalue weighted by Crippen LogP contribution is -2.11. The Morgan fingerprint density at radius 3 is 2.54 bits per heavy atom. The highest BCUT2D eigenvalue weighted by molar-refractivity contribution is 5.05. The van der Waals surface area contributed by atoms with Gasteiger partial charge < -0.3 is 10.1 Å². The monoisotopic (exact) mass is 179 g/mol. The molecule has 13 heavy (non-hydrogen) atoms. The van der Waals surface area contributed by atoms with E-state index in [2.05, 4.69) is 5.32 Å². The summed E-state index contributed by atoms with van der Waals surface area (Å²) in [6.45, 7) is 0. The first-order chi connectivity index (χ1) is 6.47. The summed E-state index contributed by atoms with van der Waals surface area (Å²) in [5.41, 5.74) is 0. The van der Waals surface area contributed by atoms with Crippen LogP contribution in [0.2, 0.25) is 0 Å². The number of hydrogen-bond donors (Lipinski definition) is 1. The molecule has 2 aliphatic rings. The molecule has 1 fully saturated rings. The molecule has 0 radical (unpaired) electrons. The van der Waals surface area contributed by atoms with E-state index in [1.807, 2.05) is 12.4 Å². The van der Waals surface area contributed by atoms with Gasteiger partial charge in [-0.25, -0.2) is 0 Å². The molecule has 1 N–H and O–H groups in total. The summed E-state index contributed by atoms with van der Waals surface area (Å²) in [6.07, 6.45) is 13.6. The van der Waals surface area contributed by atoms with Crippen LogP contribution in [-0.2, 0) is 4.74 Å². The van der Waals surface area contributed by atoms with Gasteiger partial charge >= 0.3 is 0 Å². The van der Waals surface area contributed by atoms with Crippen LogP contribution >= 0.6 is 0 Å². The summed E-state index contributed by atoms with van der Waals surface area (Å²) < 4.78 is 5.49. The van der Waals surface area contributed by atoms with Gasteiger partial charge in [-0.2, -0.15) is 0 Å². The summed E-state index contributed by atoms with van der Waals surface area (Å²) in [6, 6.07) is 0. The van der Waals surface area contributed by atoms with E-state index in [9.17, 15) is 0 Å². The third-order valence-corrected chi connectivity index (χ3v) is 2.85. The number of rotatable bonds is 1. The third-order valence-electron chi connectivity index (χ3n) is 2.85. The lowest BCUT2D eigenvalue weighted by atomic mass is 9.98. The molecule has 0 amide bonds. The van der Waals surface area contributed by atoms with Crippen molar-refractivity contribution in [3.05, 3.63) is 24.4 Å². The average Bonchev–Trinajstić information content (AvgIpc) is 2.47. The lowest BCUT2D eigenvalue weighted by molar-refractivity contribution is 0.264. The van der Waals surface area contributed by atoms with E-state index < -0.39 is 0 Å². The Hall–Kier alpha value is -0.920. The molecule has 0 aromatic rings. The molecule has 1 saturated carbocycles. The SMILES string of the molecule is C1=COC(C2CCCCCC2)=CN1. The molecule has 2 rings (SSSR count). The molecule has 0 atom stereocenters. The van der Waals surface area contributed by atoms with Crippen LogP contribution in [0.4, 0.5) is 0 Å². The second-order valence-electron chi connectivity index (χ2n) is 3.82. The predicted molar refractivity (Wildman–Crippen MR) is 52.6 cm³/mol. The van der Waals surface area contributed by atoms with Crippen LogP contribution in [0.25, 0.3) is 0 Å². The van der Waals surface area contributed by atoms with Crippen LogP contribution in [0.1, 0.15) is 38.5 Å². The van der Waals surface area contributed by atoms with Gasteiger partial charge in [0.2, 0.25) is 0 Å². The third kappa shape index (κ3) is 2.27. The molecule has 0 aromatic heterocycles. The maximum atomic E-state index is 5.49. The van der Waals surface area contributed by atoms with Crippen molar-refractivity contribution in [1.82, 2.24) is 5.32 Å². The van der Waals surface area contributed by atoms with Crippen molar-refractivity contribution >= 4 is 0 Å². The molecule has 0 spiro atoms. The summed E-state index contributed by atoms with van der Waals surface area (Å²) in [7, 11) is 0. The van der Waals surface area contributed by atoms with Crippen molar-refractivity contribution < 1.29 is 4.74 Å². The van der Waals surface area contributed by atoms with Gasteiger partial charge in [-0.3, -0.25) is 0 Å². The Bertz CT molecular complexity index is 212. The summed E-state index contributed by atoms with van der Waals surface area (Å²) in [4.78, 5) is 0. The van der Waals surface area contributed by atoms with E-state index in [4.69, 9.17) is 4.74 Å². The zero-order chi connectivity index (χ0) is 8.93. The molecule has 72 valence electrons. The van der Waals surface area contributed by atoms with Crippen LogP contribution in [0.15, 0.2) is 24.4 Å². The zero-order valence-corrected chi connectivity index (χ0v) is 7.96. The fourth-order valence-electron chi connectivity index (χ4n) is 2.09. The van der Waals surface area contributed by atoms with Crippen LogP contribution in [0.5, 0.6) is 0 Å². The highest BCUT2D eigenvalue weighted by Crippen LogP contribution is 2.29.